The lowest BCUT2D eigenvalue weighted by Crippen LogP contribution is -2.29. The van der Waals surface area contributed by atoms with Gasteiger partial charge in [0.25, 0.3) is 0 Å². The van der Waals surface area contributed by atoms with E-state index in [9.17, 15) is 0 Å². The van der Waals surface area contributed by atoms with Crippen LogP contribution in [0.4, 0.5) is 0 Å². The van der Waals surface area contributed by atoms with Crippen molar-refractivity contribution in [3.8, 4) is 11.5 Å². The molecule has 3 aromatic carbocycles. The summed E-state index contributed by atoms with van der Waals surface area (Å²) in [5.41, 5.74) is 4.55. The fraction of sp³-hybridized carbons (Fsp3) is 0.308. The number of hydrogen-bond donors (Lipinski definition) is 0. The van der Waals surface area contributed by atoms with Crippen molar-refractivity contribution in [2.45, 2.75) is 25.9 Å². The van der Waals surface area contributed by atoms with Gasteiger partial charge in [-0.05, 0) is 92.2 Å². The maximum atomic E-state index is 6.33. The molecule has 1 aliphatic heterocycles. The highest BCUT2D eigenvalue weighted by Crippen LogP contribution is 2.40. The molecule has 3 nitrogen and oxygen atoms in total. The van der Waals surface area contributed by atoms with Gasteiger partial charge in [-0.2, -0.15) is 0 Å². The Bertz CT molecular complexity index is 1080. The molecule has 0 amide bonds. The molecular weight excluding hydrogens is 358 g/mol. The zero-order valence-electron chi connectivity index (χ0n) is 18.0. The van der Waals surface area contributed by atoms with Gasteiger partial charge < -0.3 is 14.4 Å². The number of likely N-dealkylation sites (N-methyl/N-ethyl adjacent to an activating group) is 1. The Morgan fingerprint density at radius 2 is 1.69 bits per heavy atom. The van der Waals surface area contributed by atoms with Gasteiger partial charge >= 0.3 is 0 Å². The minimum Gasteiger partial charge on any atom is -0.497 e. The zero-order chi connectivity index (χ0) is 20.6. The van der Waals surface area contributed by atoms with Crippen molar-refractivity contribution >= 4 is 16.3 Å². The Morgan fingerprint density at radius 3 is 2.45 bits per heavy atom. The van der Waals surface area contributed by atoms with E-state index < -0.39 is 0 Å². The number of ether oxygens (including phenoxy) is 2. The number of hydrogen-bond acceptors (Lipinski definition) is 3. The van der Waals surface area contributed by atoms with Crippen LogP contribution in [-0.2, 0) is 6.42 Å². The van der Waals surface area contributed by atoms with Gasteiger partial charge in [0.2, 0.25) is 0 Å². The van der Waals surface area contributed by atoms with E-state index in [0.29, 0.717) is 0 Å². The van der Waals surface area contributed by atoms with Crippen LogP contribution in [0.5, 0.6) is 11.5 Å². The summed E-state index contributed by atoms with van der Waals surface area (Å²) in [6.07, 6.45) is 3.25. The minimum absolute atomic E-state index is 0.350. The van der Waals surface area contributed by atoms with Gasteiger partial charge in [-0.1, -0.05) is 30.3 Å². The molecule has 0 aliphatic carbocycles. The molecule has 0 bridgehead atoms. The lowest BCUT2D eigenvalue weighted by Gasteiger charge is -2.32. The van der Waals surface area contributed by atoms with Gasteiger partial charge in [-0.3, -0.25) is 0 Å². The Balaban J connectivity index is 1.75. The average Bonchev–Trinajstić information content (AvgIpc) is 2.69. The molecule has 0 atom stereocenters. The highest BCUT2D eigenvalue weighted by atomic mass is 16.5. The van der Waals surface area contributed by atoms with Crippen LogP contribution in [0.1, 0.15) is 30.5 Å². The summed E-state index contributed by atoms with van der Waals surface area (Å²) in [7, 11) is 5.91. The molecule has 0 aromatic heterocycles. The van der Waals surface area contributed by atoms with Crippen molar-refractivity contribution in [2.75, 3.05) is 27.7 Å². The van der Waals surface area contributed by atoms with Crippen LogP contribution < -0.4 is 9.47 Å². The number of methoxy groups -OCH3 is 1. The smallest absolute Gasteiger partial charge is 0.128 e. The Hall–Kier alpha value is -2.78. The molecule has 29 heavy (non-hydrogen) atoms. The van der Waals surface area contributed by atoms with Gasteiger partial charge in [0.1, 0.15) is 17.1 Å². The molecule has 0 spiro atoms. The molecule has 0 saturated heterocycles. The van der Waals surface area contributed by atoms with Crippen molar-refractivity contribution < 1.29 is 9.47 Å². The van der Waals surface area contributed by atoms with E-state index in [-0.39, 0.29) is 5.60 Å². The number of benzene rings is 3. The molecule has 0 radical (unpaired) electrons. The largest absolute Gasteiger partial charge is 0.497 e. The summed E-state index contributed by atoms with van der Waals surface area (Å²) >= 11 is 0. The monoisotopic (exact) mass is 387 g/mol. The summed E-state index contributed by atoms with van der Waals surface area (Å²) in [6, 6.07) is 19.5. The fourth-order valence-electron chi connectivity index (χ4n) is 3.88. The lowest BCUT2D eigenvalue weighted by molar-refractivity contribution is 0.158. The van der Waals surface area contributed by atoms with Gasteiger partial charge in [0, 0.05) is 12.1 Å². The van der Waals surface area contributed by atoms with E-state index in [1.54, 1.807) is 7.11 Å². The summed E-state index contributed by atoms with van der Waals surface area (Å²) < 4.78 is 11.7. The van der Waals surface area contributed by atoms with E-state index in [1.165, 1.54) is 27.5 Å². The molecule has 0 N–H and O–H groups in total. The lowest BCUT2D eigenvalue weighted by atomic mass is 9.88. The molecule has 150 valence electrons. The topological polar surface area (TPSA) is 21.7 Å². The van der Waals surface area contributed by atoms with Crippen LogP contribution in [0.2, 0.25) is 0 Å². The van der Waals surface area contributed by atoms with E-state index in [0.717, 1.165) is 30.0 Å². The van der Waals surface area contributed by atoms with Crippen LogP contribution in [0, 0.1) is 0 Å². The highest BCUT2D eigenvalue weighted by molar-refractivity contribution is 5.92. The van der Waals surface area contributed by atoms with Crippen LogP contribution >= 0.6 is 0 Å². The number of nitrogens with zero attached hydrogens (tertiary/aromatic N) is 1. The van der Waals surface area contributed by atoms with Crippen molar-refractivity contribution in [2.24, 2.45) is 0 Å². The van der Waals surface area contributed by atoms with E-state index in [4.69, 9.17) is 9.47 Å². The quantitative estimate of drug-likeness (QED) is 0.572. The highest BCUT2D eigenvalue weighted by Gasteiger charge is 2.27. The Labute approximate surface area is 173 Å². The predicted octanol–water partition coefficient (Wildman–Crippen LogP) is 5.56. The summed E-state index contributed by atoms with van der Waals surface area (Å²) in [4.78, 5) is 2.21. The number of rotatable bonds is 5. The SMILES string of the molecule is COc1ccc2cc(C3=CC(C)(C)Oc4cc(CCN(C)C)ccc43)ccc2c1. The zero-order valence-corrected chi connectivity index (χ0v) is 18.0. The van der Waals surface area contributed by atoms with Crippen molar-refractivity contribution in [1.82, 2.24) is 4.90 Å². The minimum atomic E-state index is -0.350. The van der Waals surface area contributed by atoms with E-state index in [1.807, 2.05) is 6.07 Å². The third kappa shape index (κ3) is 4.15. The summed E-state index contributed by atoms with van der Waals surface area (Å²) in [5, 5.41) is 2.39. The molecule has 0 fully saturated rings. The molecule has 0 saturated carbocycles. The van der Waals surface area contributed by atoms with Gasteiger partial charge in [0.15, 0.2) is 0 Å². The fourth-order valence-corrected chi connectivity index (χ4v) is 3.88. The second-order valence-electron chi connectivity index (χ2n) is 8.58. The number of fused-ring (bicyclic) bond motifs is 2. The molecular formula is C26H29NO2. The Kier molecular flexibility index (Phi) is 5.10. The second kappa shape index (κ2) is 7.57. The summed E-state index contributed by atoms with van der Waals surface area (Å²) in [5.74, 6) is 1.85. The van der Waals surface area contributed by atoms with Gasteiger partial charge in [-0.25, -0.2) is 0 Å². The predicted molar refractivity (Wildman–Crippen MR) is 121 cm³/mol. The van der Waals surface area contributed by atoms with Crippen LogP contribution in [-0.4, -0.2) is 38.3 Å². The first-order valence-electron chi connectivity index (χ1n) is 10.1. The standard InChI is InChI=1S/C26H29NO2/c1-26(2)17-24(21-8-7-20-16-22(28-5)10-9-19(20)15-21)23-11-6-18(12-13-27(3)4)14-25(23)29-26/h6-11,14-17H,12-13H2,1-5H3. The molecule has 1 heterocycles. The van der Waals surface area contributed by atoms with E-state index in [2.05, 4.69) is 87.4 Å². The van der Waals surface area contributed by atoms with Crippen LogP contribution in [0.25, 0.3) is 16.3 Å². The maximum absolute atomic E-state index is 6.33. The third-order valence-electron chi connectivity index (χ3n) is 5.41. The third-order valence-corrected chi connectivity index (χ3v) is 5.41. The first-order chi connectivity index (χ1) is 13.8. The maximum Gasteiger partial charge on any atom is 0.128 e. The van der Waals surface area contributed by atoms with Crippen LogP contribution in [0.15, 0.2) is 60.7 Å². The second-order valence-corrected chi connectivity index (χ2v) is 8.58. The molecule has 4 rings (SSSR count). The van der Waals surface area contributed by atoms with Crippen molar-refractivity contribution in [3.63, 3.8) is 0 Å². The first-order valence-corrected chi connectivity index (χ1v) is 10.1. The van der Waals surface area contributed by atoms with Crippen LogP contribution in [0.3, 0.4) is 0 Å². The molecule has 1 aliphatic rings. The molecule has 3 aromatic rings. The Morgan fingerprint density at radius 1 is 0.931 bits per heavy atom. The average molecular weight is 388 g/mol. The normalized spacial score (nSPS) is 15.0. The first kappa shape index (κ1) is 19.5. The van der Waals surface area contributed by atoms with Gasteiger partial charge in [-0.15, -0.1) is 0 Å². The van der Waals surface area contributed by atoms with E-state index >= 15 is 0 Å². The molecule has 0 unspecified atom stereocenters. The molecule has 3 heteroatoms. The van der Waals surface area contributed by atoms with Gasteiger partial charge in [0.05, 0.1) is 7.11 Å². The van der Waals surface area contributed by atoms with Crippen molar-refractivity contribution in [1.29, 1.82) is 0 Å². The van der Waals surface area contributed by atoms with Crippen molar-refractivity contribution in [3.05, 3.63) is 77.4 Å². The summed E-state index contributed by atoms with van der Waals surface area (Å²) in [6.45, 7) is 5.27.